The first-order valence-electron chi connectivity index (χ1n) is 7.85. The molecule has 0 spiro atoms. The monoisotopic (exact) mass is 350 g/mol. The van der Waals surface area contributed by atoms with Crippen LogP contribution in [0.15, 0.2) is 63.5 Å². The van der Waals surface area contributed by atoms with Crippen LogP contribution in [-0.4, -0.2) is 23.2 Å². The Morgan fingerprint density at radius 2 is 2.00 bits per heavy atom. The summed E-state index contributed by atoms with van der Waals surface area (Å²) >= 11 is 0. The Morgan fingerprint density at radius 3 is 2.85 bits per heavy atom. The lowest BCUT2D eigenvalue weighted by atomic mass is 10.2. The van der Waals surface area contributed by atoms with Gasteiger partial charge in [-0.05, 0) is 24.3 Å². The number of aromatic nitrogens is 2. The summed E-state index contributed by atoms with van der Waals surface area (Å²) in [6.45, 7) is -0.146. The second kappa shape index (κ2) is 6.72. The molecule has 2 aromatic heterocycles. The van der Waals surface area contributed by atoms with Crippen molar-refractivity contribution in [2.45, 2.75) is 6.61 Å². The predicted molar refractivity (Wildman–Crippen MR) is 91.6 cm³/mol. The van der Waals surface area contributed by atoms with Gasteiger partial charge in [0.05, 0.1) is 7.11 Å². The minimum absolute atomic E-state index is 0.124. The summed E-state index contributed by atoms with van der Waals surface area (Å²) in [7, 11) is 1.58. The number of rotatable bonds is 5. The fourth-order valence-electron chi connectivity index (χ4n) is 2.47. The number of methoxy groups -OCH3 is 1. The number of carbonyl (C=O) groups excluding carboxylic acids is 1. The van der Waals surface area contributed by atoms with Gasteiger partial charge in [0.1, 0.15) is 11.3 Å². The molecule has 0 saturated heterocycles. The van der Waals surface area contributed by atoms with E-state index in [0.29, 0.717) is 17.2 Å². The van der Waals surface area contributed by atoms with Gasteiger partial charge in [0.15, 0.2) is 6.61 Å². The van der Waals surface area contributed by atoms with Crippen LogP contribution in [0.4, 0.5) is 0 Å². The molecule has 0 amide bonds. The molecule has 0 aliphatic heterocycles. The zero-order chi connectivity index (χ0) is 17.9. The molecule has 0 aliphatic rings. The van der Waals surface area contributed by atoms with Crippen LogP contribution in [0.3, 0.4) is 0 Å². The van der Waals surface area contributed by atoms with Gasteiger partial charge < -0.3 is 18.4 Å². The van der Waals surface area contributed by atoms with Gasteiger partial charge in [-0.3, -0.25) is 0 Å². The average Bonchev–Trinajstić information content (AvgIpc) is 3.33. The normalized spacial score (nSPS) is 10.8. The van der Waals surface area contributed by atoms with Gasteiger partial charge in [0.25, 0.3) is 5.89 Å². The molecule has 0 N–H and O–H groups in total. The molecule has 4 aromatic rings. The number of para-hydroxylation sites is 1. The summed E-state index contributed by atoms with van der Waals surface area (Å²) in [5, 5.41) is 4.72. The van der Waals surface area contributed by atoms with Gasteiger partial charge in [0.2, 0.25) is 11.6 Å². The van der Waals surface area contributed by atoms with Gasteiger partial charge in [-0.1, -0.05) is 35.5 Å². The molecule has 0 atom stereocenters. The van der Waals surface area contributed by atoms with Crippen molar-refractivity contribution in [1.82, 2.24) is 10.1 Å². The van der Waals surface area contributed by atoms with Gasteiger partial charge in [0, 0.05) is 10.9 Å². The highest BCUT2D eigenvalue weighted by atomic mass is 16.6. The number of esters is 1. The summed E-state index contributed by atoms with van der Waals surface area (Å²) in [6, 6.07) is 16.2. The van der Waals surface area contributed by atoms with Crippen LogP contribution in [0.1, 0.15) is 16.4 Å². The number of fused-ring (bicyclic) bond motifs is 1. The maximum atomic E-state index is 12.1. The Kier molecular flexibility index (Phi) is 4.10. The Labute approximate surface area is 148 Å². The van der Waals surface area contributed by atoms with Crippen LogP contribution in [0.25, 0.3) is 22.4 Å². The van der Waals surface area contributed by atoms with Crippen molar-refractivity contribution in [3.8, 4) is 17.1 Å². The topological polar surface area (TPSA) is 87.6 Å². The number of benzene rings is 2. The van der Waals surface area contributed by atoms with Crippen LogP contribution in [0.2, 0.25) is 0 Å². The molecular weight excluding hydrogens is 336 g/mol. The highest BCUT2D eigenvalue weighted by Crippen LogP contribution is 2.22. The fraction of sp³-hybridized carbons (Fsp3) is 0.105. The first-order chi connectivity index (χ1) is 12.7. The van der Waals surface area contributed by atoms with Crippen LogP contribution >= 0.6 is 0 Å². The van der Waals surface area contributed by atoms with Crippen LogP contribution in [0.5, 0.6) is 5.75 Å². The summed E-state index contributed by atoms with van der Waals surface area (Å²) in [4.78, 5) is 16.3. The van der Waals surface area contributed by atoms with Crippen molar-refractivity contribution >= 4 is 16.9 Å². The molecule has 2 heterocycles. The number of nitrogens with zero attached hydrogens (tertiary/aromatic N) is 2. The molecule has 4 rings (SSSR count). The standard InChI is InChI=1S/C19H14N2O5/c1-23-14-7-4-6-13(9-14)18-20-17(26-21-18)11-24-19(22)16-10-12-5-2-3-8-15(12)25-16/h2-10H,11H2,1H3. The minimum Gasteiger partial charge on any atom is -0.497 e. The first kappa shape index (κ1) is 15.9. The Balaban J connectivity index is 1.44. The van der Waals surface area contributed by atoms with E-state index in [2.05, 4.69) is 10.1 Å². The molecule has 7 heteroatoms. The summed E-state index contributed by atoms with van der Waals surface area (Å²) < 4.78 is 20.9. The Hall–Kier alpha value is -3.61. The third-order valence-corrected chi connectivity index (χ3v) is 3.75. The molecule has 0 fully saturated rings. The van der Waals surface area contributed by atoms with E-state index in [-0.39, 0.29) is 18.3 Å². The molecule has 7 nitrogen and oxygen atoms in total. The van der Waals surface area contributed by atoms with Crippen molar-refractivity contribution in [3.05, 3.63) is 66.2 Å². The van der Waals surface area contributed by atoms with Gasteiger partial charge in [-0.15, -0.1) is 0 Å². The molecule has 130 valence electrons. The van der Waals surface area contributed by atoms with Crippen molar-refractivity contribution in [2.75, 3.05) is 7.11 Å². The smallest absolute Gasteiger partial charge is 0.374 e. The third-order valence-electron chi connectivity index (χ3n) is 3.75. The van der Waals surface area contributed by atoms with E-state index in [1.165, 1.54) is 0 Å². The molecule has 26 heavy (non-hydrogen) atoms. The van der Waals surface area contributed by atoms with E-state index < -0.39 is 5.97 Å². The molecule has 0 saturated carbocycles. The minimum atomic E-state index is -0.595. The summed E-state index contributed by atoms with van der Waals surface area (Å²) in [5.74, 6) is 0.789. The van der Waals surface area contributed by atoms with Crippen molar-refractivity contribution in [3.63, 3.8) is 0 Å². The molecule has 0 unspecified atom stereocenters. The van der Waals surface area contributed by atoms with Crippen molar-refractivity contribution in [1.29, 1.82) is 0 Å². The molecule has 0 bridgehead atoms. The van der Waals surface area contributed by atoms with E-state index in [1.807, 2.05) is 36.4 Å². The second-order valence-electron chi connectivity index (χ2n) is 5.47. The molecule has 0 radical (unpaired) electrons. The zero-order valence-electron chi connectivity index (χ0n) is 13.8. The Morgan fingerprint density at radius 1 is 1.12 bits per heavy atom. The third kappa shape index (κ3) is 3.14. The number of furan rings is 1. The van der Waals surface area contributed by atoms with Gasteiger partial charge in [-0.25, -0.2) is 4.79 Å². The van der Waals surface area contributed by atoms with E-state index in [0.717, 1.165) is 10.9 Å². The average molecular weight is 350 g/mol. The van der Waals surface area contributed by atoms with Crippen LogP contribution < -0.4 is 4.74 Å². The predicted octanol–water partition coefficient (Wildman–Crippen LogP) is 3.85. The van der Waals surface area contributed by atoms with E-state index in [4.69, 9.17) is 18.4 Å². The van der Waals surface area contributed by atoms with E-state index in [1.54, 1.807) is 25.3 Å². The fourth-order valence-corrected chi connectivity index (χ4v) is 2.47. The van der Waals surface area contributed by atoms with Crippen molar-refractivity contribution in [2.24, 2.45) is 0 Å². The van der Waals surface area contributed by atoms with Crippen molar-refractivity contribution < 1.29 is 23.2 Å². The highest BCUT2D eigenvalue weighted by molar-refractivity contribution is 5.92. The highest BCUT2D eigenvalue weighted by Gasteiger charge is 2.16. The maximum Gasteiger partial charge on any atom is 0.374 e. The summed E-state index contributed by atoms with van der Waals surface area (Å²) in [6.07, 6.45) is 0. The van der Waals surface area contributed by atoms with Gasteiger partial charge >= 0.3 is 5.97 Å². The summed E-state index contributed by atoms with van der Waals surface area (Å²) in [5.41, 5.74) is 1.36. The van der Waals surface area contributed by atoms with E-state index >= 15 is 0 Å². The number of ether oxygens (including phenoxy) is 2. The van der Waals surface area contributed by atoms with Crippen LogP contribution in [0, 0.1) is 0 Å². The van der Waals surface area contributed by atoms with Gasteiger partial charge in [-0.2, -0.15) is 4.98 Å². The lowest BCUT2D eigenvalue weighted by Crippen LogP contribution is -2.04. The number of hydrogen-bond donors (Lipinski definition) is 0. The molecule has 2 aromatic carbocycles. The Bertz CT molecular complexity index is 1030. The number of hydrogen-bond acceptors (Lipinski definition) is 7. The first-order valence-corrected chi connectivity index (χ1v) is 7.85. The lowest BCUT2D eigenvalue weighted by molar-refractivity contribution is 0.0396. The largest absolute Gasteiger partial charge is 0.497 e. The van der Waals surface area contributed by atoms with Crippen LogP contribution in [-0.2, 0) is 11.3 Å². The zero-order valence-corrected chi connectivity index (χ0v) is 13.8. The van der Waals surface area contributed by atoms with E-state index in [9.17, 15) is 4.79 Å². The lowest BCUT2D eigenvalue weighted by Gasteiger charge is -2.00. The maximum absolute atomic E-state index is 12.1. The SMILES string of the molecule is COc1cccc(-c2noc(COC(=O)c3cc4ccccc4o3)n2)c1. The number of carbonyl (C=O) groups is 1. The molecular formula is C19H14N2O5. The second-order valence-corrected chi connectivity index (χ2v) is 5.47. The quantitative estimate of drug-likeness (QED) is 0.505. The molecule has 0 aliphatic carbocycles.